The molecule has 0 aliphatic carbocycles. The summed E-state index contributed by atoms with van der Waals surface area (Å²) in [5, 5.41) is 25.9. The number of hydrogen-bond acceptors (Lipinski definition) is 9. The lowest BCUT2D eigenvalue weighted by Crippen LogP contribution is -2.50. The van der Waals surface area contributed by atoms with Crippen LogP contribution in [0.15, 0.2) is 70.0 Å². The highest BCUT2D eigenvalue weighted by Gasteiger charge is 2.27. The van der Waals surface area contributed by atoms with Gasteiger partial charge in [-0.1, -0.05) is 30.3 Å². The molecule has 0 spiro atoms. The molecule has 4 aromatic rings. The van der Waals surface area contributed by atoms with Crippen LogP contribution in [0.25, 0.3) is 22.1 Å². The van der Waals surface area contributed by atoms with Crippen LogP contribution in [0.3, 0.4) is 0 Å². The summed E-state index contributed by atoms with van der Waals surface area (Å²) in [5.74, 6) is 0.966. The number of aromatic nitrogens is 3. The van der Waals surface area contributed by atoms with Gasteiger partial charge in [0.05, 0.1) is 17.9 Å². The minimum atomic E-state index is -0.379. The minimum Gasteiger partial charge on any atom is -0.422 e. The van der Waals surface area contributed by atoms with Crippen LogP contribution in [0.1, 0.15) is 26.7 Å². The van der Waals surface area contributed by atoms with Gasteiger partial charge in [0, 0.05) is 43.4 Å². The number of hydrogen-bond donors (Lipinski definition) is 2. The molecule has 0 radical (unpaired) electrons. The van der Waals surface area contributed by atoms with Gasteiger partial charge < -0.3 is 19.7 Å². The van der Waals surface area contributed by atoms with E-state index in [2.05, 4.69) is 44.4 Å². The minimum absolute atomic E-state index is 0.127. The van der Waals surface area contributed by atoms with Gasteiger partial charge in [-0.25, -0.2) is 4.79 Å². The molecule has 1 unspecified atom stereocenters. The first-order valence-electron chi connectivity index (χ1n) is 12.8. The molecule has 3 heterocycles. The number of benzene rings is 2. The maximum Gasteiger partial charge on any atom is 0.344 e. The summed E-state index contributed by atoms with van der Waals surface area (Å²) in [6.07, 6.45) is 3.83. The van der Waals surface area contributed by atoms with Crippen LogP contribution in [0, 0.1) is 5.92 Å². The third-order valence-corrected chi connectivity index (χ3v) is 7.24. The molecule has 1 atom stereocenters. The first-order chi connectivity index (χ1) is 18.1. The molecular formula is C28H32N6O3. The van der Waals surface area contributed by atoms with Gasteiger partial charge in [-0.3, -0.25) is 4.90 Å². The van der Waals surface area contributed by atoms with Crippen LogP contribution in [0.5, 0.6) is 0 Å². The van der Waals surface area contributed by atoms with E-state index >= 15 is 0 Å². The van der Waals surface area contributed by atoms with Crippen molar-refractivity contribution in [3.8, 4) is 11.1 Å². The zero-order valence-corrected chi connectivity index (χ0v) is 21.2. The molecule has 2 N–H and O–H groups in total. The molecule has 9 heteroatoms. The molecular weight excluding hydrogens is 468 g/mol. The number of nitrogens with zero attached hydrogens (tertiary/aromatic N) is 5. The maximum absolute atomic E-state index is 12.7. The largest absolute Gasteiger partial charge is 0.422 e. The number of rotatable bonds is 8. The van der Waals surface area contributed by atoms with Gasteiger partial charge in [0.1, 0.15) is 11.3 Å². The van der Waals surface area contributed by atoms with Crippen LogP contribution in [-0.2, 0) is 0 Å². The van der Waals surface area contributed by atoms with E-state index < -0.39 is 0 Å². The smallest absolute Gasteiger partial charge is 0.344 e. The quantitative estimate of drug-likeness (QED) is 0.343. The van der Waals surface area contributed by atoms with Crippen LogP contribution >= 0.6 is 0 Å². The van der Waals surface area contributed by atoms with Gasteiger partial charge in [-0.2, -0.15) is 0 Å². The summed E-state index contributed by atoms with van der Waals surface area (Å²) < 4.78 is 5.68. The zero-order valence-electron chi connectivity index (χ0n) is 21.2. The first-order valence-corrected chi connectivity index (χ1v) is 12.8. The normalized spacial score (nSPS) is 15.5. The molecule has 5 rings (SSSR count). The lowest BCUT2D eigenvalue weighted by molar-refractivity contribution is 0.104. The highest BCUT2D eigenvalue weighted by Crippen LogP contribution is 2.30. The first kappa shape index (κ1) is 24.9. The Morgan fingerprint density at radius 1 is 1.16 bits per heavy atom. The molecule has 1 saturated heterocycles. The van der Waals surface area contributed by atoms with Crippen molar-refractivity contribution in [3.05, 3.63) is 71.2 Å². The summed E-state index contributed by atoms with van der Waals surface area (Å²) >= 11 is 0. The highest BCUT2D eigenvalue weighted by atomic mass is 16.4. The number of fused-ring (bicyclic) bond motifs is 1. The van der Waals surface area contributed by atoms with Crippen molar-refractivity contribution in [3.63, 3.8) is 0 Å². The molecule has 2 aromatic heterocycles. The Morgan fingerprint density at radius 3 is 2.68 bits per heavy atom. The molecule has 37 heavy (non-hydrogen) atoms. The fraction of sp³-hybridized carbons (Fsp3) is 0.357. The van der Waals surface area contributed by atoms with Crippen LogP contribution in [0.4, 0.5) is 17.2 Å². The maximum atomic E-state index is 12.7. The number of aliphatic hydroxyl groups is 1. The Kier molecular flexibility index (Phi) is 7.43. The Balaban J connectivity index is 1.40. The number of nitrogens with one attached hydrogen (secondary N) is 1. The molecule has 1 aliphatic rings. The number of anilines is 3. The van der Waals surface area contributed by atoms with E-state index in [-0.39, 0.29) is 18.4 Å². The van der Waals surface area contributed by atoms with Gasteiger partial charge >= 0.3 is 5.63 Å². The van der Waals surface area contributed by atoms with E-state index in [0.717, 1.165) is 54.8 Å². The topological polar surface area (TPSA) is 108 Å². The lowest BCUT2D eigenvalue weighted by Gasteiger charge is -2.41. The van der Waals surface area contributed by atoms with Crippen LogP contribution in [0.2, 0.25) is 0 Å². The SMILES string of the molecule is CCN(c1cnnnc1Nc1ccc2cc(-c3ccccc3)c(=O)oc2c1)C(C)N1CCC(CO)CC1. The summed E-state index contributed by atoms with van der Waals surface area (Å²) in [7, 11) is 0. The fourth-order valence-corrected chi connectivity index (χ4v) is 5.05. The predicted octanol–water partition coefficient (Wildman–Crippen LogP) is 4.27. The molecule has 1 fully saturated rings. The van der Waals surface area contributed by atoms with Crippen molar-refractivity contribution in [1.29, 1.82) is 0 Å². The molecule has 0 amide bonds. The molecule has 192 valence electrons. The summed E-state index contributed by atoms with van der Waals surface area (Å²) in [6, 6.07) is 17.0. The second-order valence-corrected chi connectivity index (χ2v) is 9.44. The Bertz CT molecular complexity index is 1400. The molecule has 9 nitrogen and oxygen atoms in total. The lowest BCUT2D eigenvalue weighted by atomic mass is 9.97. The van der Waals surface area contributed by atoms with Gasteiger partial charge in [0.15, 0.2) is 5.82 Å². The van der Waals surface area contributed by atoms with Crippen LogP contribution < -0.4 is 15.8 Å². The van der Waals surface area contributed by atoms with Crippen molar-refractivity contribution in [2.45, 2.75) is 32.9 Å². The molecule has 0 saturated carbocycles. The number of piperidine rings is 1. The van der Waals surface area contributed by atoms with Crippen LogP contribution in [-0.4, -0.2) is 57.8 Å². The van der Waals surface area contributed by atoms with Gasteiger partial charge in [0.2, 0.25) is 0 Å². The summed E-state index contributed by atoms with van der Waals surface area (Å²) in [6.45, 7) is 7.18. The van der Waals surface area contributed by atoms with Gasteiger partial charge in [0.25, 0.3) is 0 Å². The van der Waals surface area contributed by atoms with Crippen molar-refractivity contribution in [2.75, 3.05) is 36.5 Å². The Labute approximate surface area is 215 Å². The van der Waals surface area contributed by atoms with E-state index in [1.165, 1.54) is 0 Å². The van der Waals surface area contributed by atoms with Crippen molar-refractivity contribution in [1.82, 2.24) is 20.3 Å². The monoisotopic (exact) mass is 500 g/mol. The molecule has 0 bridgehead atoms. The number of aliphatic hydroxyl groups excluding tert-OH is 1. The third-order valence-electron chi connectivity index (χ3n) is 7.24. The second kappa shape index (κ2) is 11.1. The summed E-state index contributed by atoms with van der Waals surface area (Å²) in [4.78, 5) is 17.4. The average Bonchev–Trinajstić information content (AvgIpc) is 2.94. The third kappa shape index (κ3) is 5.33. The van der Waals surface area contributed by atoms with E-state index in [1.807, 2.05) is 48.5 Å². The van der Waals surface area contributed by atoms with E-state index in [4.69, 9.17) is 4.42 Å². The van der Waals surface area contributed by atoms with Crippen molar-refractivity contribution < 1.29 is 9.52 Å². The van der Waals surface area contributed by atoms with E-state index in [1.54, 1.807) is 12.3 Å². The molecule has 1 aliphatic heterocycles. The van der Waals surface area contributed by atoms with E-state index in [9.17, 15) is 9.90 Å². The predicted molar refractivity (Wildman–Crippen MR) is 145 cm³/mol. The van der Waals surface area contributed by atoms with Crippen molar-refractivity contribution in [2.24, 2.45) is 5.92 Å². The molecule has 2 aromatic carbocycles. The standard InChI is InChI=1S/C28H32N6O3/c1-3-34(19(2)33-13-11-20(18-35)12-14-33)25-17-29-32-31-27(25)30-23-10-9-22-15-24(21-7-5-4-6-8-21)28(36)37-26(22)16-23/h4-10,15-17,19-20,35H,3,11-14,18H2,1-2H3,(H,29,30,31). The fourth-order valence-electron chi connectivity index (χ4n) is 5.05. The number of likely N-dealkylation sites (tertiary alicyclic amines) is 1. The van der Waals surface area contributed by atoms with Gasteiger partial charge in [-0.05, 0) is 61.6 Å². The average molecular weight is 501 g/mol. The summed E-state index contributed by atoms with van der Waals surface area (Å²) in [5.41, 5.74) is 3.05. The van der Waals surface area contributed by atoms with Crippen molar-refractivity contribution >= 4 is 28.2 Å². The van der Waals surface area contributed by atoms with Gasteiger partial charge in [-0.15, -0.1) is 10.2 Å². The zero-order chi connectivity index (χ0) is 25.8. The second-order valence-electron chi connectivity index (χ2n) is 9.44. The Hall–Kier alpha value is -3.82. The Morgan fingerprint density at radius 2 is 1.95 bits per heavy atom. The highest BCUT2D eigenvalue weighted by molar-refractivity contribution is 5.85. The van der Waals surface area contributed by atoms with E-state index in [0.29, 0.717) is 22.9 Å².